The summed E-state index contributed by atoms with van der Waals surface area (Å²) in [7, 11) is 1.59. The Kier molecular flexibility index (Phi) is 4.18. The summed E-state index contributed by atoms with van der Waals surface area (Å²) >= 11 is 0. The van der Waals surface area contributed by atoms with Gasteiger partial charge in [0, 0.05) is 29.0 Å². The normalized spacial score (nSPS) is 10.7. The third-order valence-corrected chi connectivity index (χ3v) is 4.19. The van der Waals surface area contributed by atoms with E-state index in [9.17, 15) is 4.79 Å². The highest BCUT2D eigenvalue weighted by atomic mass is 16.5. The van der Waals surface area contributed by atoms with Crippen LogP contribution < -0.4 is 15.8 Å². The van der Waals surface area contributed by atoms with E-state index < -0.39 is 5.91 Å². The van der Waals surface area contributed by atoms with E-state index in [1.807, 2.05) is 48.7 Å². The molecule has 0 aliphatic carbocycles. The van der Waals surface area contributed by atoms with Crippen LogP contribution in [0.4, 0.5) is 11.5 Å². The van der Waals surface area contributed by atoms with Crippen LogP contribution in [0.1, 0.15) is 10.5 Å². The summed E-state index contributed by atoms with van der Waals surface area (Å²) < 4.78 is 5.23. The first-order valence-electron chi connectivity index (χ1n) is 8.29. The van der Waals surface area contributed by atoms with Crippen molar-refractivity contribution in [3.8, 4) is 17.0 Å². The van der Waals surface area contributed by atoms with Gasteiger partial charge >= 0.3 is 0 Å². The molecule has 4 aromatic rings. The summed E-state index contributed by atoms with van der Waals surface area (Å²) in [5, 5.41) is 4.22. The first-order valence-corrected chi connectivity index (χ1v) is 8.29. The zero-order chi connectivity index (χ0) is 18.8. The fourth-order valence-electron chi connectivity index (χ4n) is 2.84. The predicted molar refractivity (Wildman–Crippen MR) is 104 cm³/mol. The number of carbonyl (C=O) groups excluding carboxylic acids is 1. The monoisotopic (exact) mass is 359 g/mol. The number of carbonyl (C=O) groups is 1. The zero-order valence-corrected chi connectivity index (χ0v) is 14.6. The second-order valence-electron chi connectivity index (χ2n) is 5.95. The second-order valence-corrected chi connectivity index (χ2v) is 5.95. The van der Waals surface area contributed by atoms with Crippen molar-refractivity contribution in [2.75, 3.05) is 12.4 Å². The van der Waals surface area contributed by atoms with Gasteiger partial charge in [-0.1, -0.05) is 18.2 Å². The lowest BCUT2D eigenvalue weighted by atomic mass is 10.1. The fraction of sp³-hybridized carbons (Fsp3) is 0.0500. The van der Waals surface area contributed by atoms with Gasteiger partial charge in [0.05, 0.1) is 19.0 Å². The molecular formula is C20H17N5O2. The number of aromatic nitrogens is 3. The predicted octanol–water partition coefficient (Wildman–Crippen LogP) is 3.48. The Morgan fingerprint density at radius 1 is 1.19 bits per heavy atom. The summed E-state index contributed by atoms with van der Waals surface area (Å²) in [6.07, 6.45) is 3.42. The van der Waals surface area contributed by atoms with E-state index in [1.54, 1.807) is 19.4 Å². The van der Waals surface area contributed by atoms with E-state index in [0.29, 0.717) is 22.9 Å². The third kappa shape index (κ3) is 3.30. The highest BCUT2D eigenvalue weighted by Crippen LogP contribution is 2.26. The number of nitrogens with two attached hydrogens (primary N) is 1. The minimum atomic E-state index is -0.653. The van der Waals surface area contributed by atoms with Gasteiger partial charge in [-0.15, -0.1) is 0 Å². The number of H-pyrrole nitrogens is 1. The van der Waals surface area contributed by atoms with Crippen molar-refractivity contribution in [3.05, 3.63) is 66.6 Å². The number of aromatic amines is 1. The van der Waals surface area contributed by atoms with Crippen LogP contribution in [0.15, 0.2) is 60.9 Å². The van der Waals surface area contributed by atoms with Gasteiger partial charge in [-0.3, -0.25) is 4.79 Å². The van der Waals surface area contributed by atoms with Crippen LogP contribution in [0.25, 0.3) is 22.2 Å². The number of nitrogens with zero attached hydrogens (tertiary/aromatic N) is 2. The Morgan fingerprint density at radius 3 is 2.89 bits per heavy atom. The Morgan fingerprint density at radius 2 is 2.07 bits per heavy atom. The molecule has 7 heteroatoms. The molecule has 134 valence electrons. The van der Waals surface area contributed by atoms with Gasteiger partial charge < -0.3 is 20.8 Å². The number of primary amides is 1. The molecular weight excluding hydrogens is 342 g/mol. The minimum Gasteiger partial charge on any atom is -0.497 e. The number of methoxy groups -OCH3 is 1. The first kappa shape index (κ1) is 16.6. The first-order chi connectivity index (χ1) is 13.1. The number of amides is 1. The molecule has 0 saturated carbocycles. The Hall–Kier alpha value is -3.87. The Labute approximate surface area is 155 Å². The number of fused-ring (bicyclic) bond motifs is 1. The lowest BCUT2D eigenvalue weighted by Crippen LogP contribution is -2.16. The van der Waals surface area contributed by atoms with Crippen LogP contribution in [-0.4, -0.2) is 28.0 Å². The molecule has 4 N–H and O–H groups in total. The quantitative estimate of drug-likeness (QED) is 0.506. The topological polar surface area (TPSA) is 106 Å². The second kappa shape index (κ2) is 6.80. The average molecular weight is 359 g/mol. The molecule has 27 heavy (non-hydrogen) atoms. The van der Waals surface area contributed by atoms with Crippen LogP contribution in [0, 0.1) is 0 Å². The van der Waals surface area contributed by atoms with Gasteiger partial charge in [-0.2, -0.15) is 0 Å². The van der Waals surface area contributed by atoms with E-state index in [-0.39, 0.29) is 5.69 Å². The van der Waals surface area contributed by atoms with E-state index in [0.717, 1.165) is 16.5 Å². The van der Waals surface area contributed by atoms with E-state index in [1.165, 1.54) is 0 Å². The Balaban J connectivity index is 1.76. The van der Waals surface area contributed by atoms with Crippen LogP contribution in [-0.2, 0) is 0 Å². The molecule has 0 spiro atoms. The van der Waals surface area contributed by atoms with Crippen LogP contribution in [0.2, 0.25) is 0 Å². The molecule has 2 aromatic heterocycles. The average Bonchev–Trinajstić information content (AvgIpc) is 3.15. The zero-order valence-electron chi connectivity index (χ0n) is 14.6. The van der Waals surface area contributed by atoms with Gasteiger partial charge in [-0.05, 0) is 29.7 Å². The minimum absolute atomic E-state index is 0.0718. The van der Waals surface area contributed by atoms with E-state index in [2.05, 4.69) is 20.3 Å². The van der Waals surface area contributed by atoms with Gasteiger partial charge in [0.15, 0.2) is 11.5 Å². The summed E-state index contributed by atoms with van der Waals surface area (Å²) in [6.45, 7) is 0. The van der Waals surface area contributed by atoms with Crippen molar-refractivity contribution in [3.63, 3.8) is 0 Å². The highest BCUT2D eigenvalue weighted by Gasteiger charge is 2.14. The molecule has 1 amide bonds. The van der Waals surface area contributed by atoms with Crippen molar-refractivity contribution in [2.24, 2.45) is 5.73 Å². The van der Waals surface area contributed by atoms with Crippen molar-refractivity contribution in [2.45, 2.75) is 0 Å². The maximum absolute atomic E-state index is 11.8. The molecule has 4 rings (SSSR count). The lowest BCUT2D eigenvalue weighted by Gasteiger charge is -2.11. The van der Waals surface area contributed by atoms with Gasteiger partial charge in [-0.25, -0.2) is 9.97 Å². The fourth-order valence-corrected chi connectivity index (χ4v) is 2.84. The van der Waals surface area contributed by atoms with Crippen molar-refractivity contribution in [1.29, 1.82) is 0 Å². The number of anilines is 2. The number of rotatable bonds is 5. The number of hydrogen-bond acceptors (Lipinski definition) is 5. The number of hydrogen-bond donors (Lipinski definition) is 3. The summed E-state index contributed by atoms with van der Waals surface area (Å²) in [5.41, 5.74) is 8.75. The molecule has 2 aromatic carbocycles. The number of nitrogens with one attached hydrogen (secondary N) is 2. The lowest BCUT2D eigenvalue weighted by molar-refractivity contribution is 0.0996. The highest BCUT2D eigenvalue weighted by molar-refractivity contribution is 5.96. The third-order valence-electron chi connectivity index (χ3n) is 4.19. The van der Waals surface area contributed by atoms with Crippen LogP contribution in [0.5, 0.6) is 5.75 Å². The molecule has 0 saturated heterocycles. The maximum atomic E-state index is 11.8. The molecule has 2 heterocycles. The smallest absolute Gasteiger partial charge is 0.271 e. The molecule has 0 aliphatic heterocycles. The van der Waals surface area contributed by atoms with Crippen molar-refractivity contribution < 1.29 is 9.53 Å². The van der Waals surface area contributed by atoms with Gasteiger partial charge in [0.1, 0.15) is 5.75 Å². The molecule has 0 unspecified atom stereocenters. The molecule has 0 aliphatic rings. The van der Waals surface area contributed by atoms with Crippen LogP contribution in [0.3, 0.4) is 0 Å². The number of ether oxygens (including phenoxy) is 1. The van der Waals surface area contributed by atoms with E-state index in [4.69, 9.17) is 10.5 Å². The Bertz CT molecular complexity index is 1140. The summed E-state index contributed by atoms with van der Waals surface area (Å²) in [4.78, 5) is 23.7. The van der Waals surface area contributed by atoms with Crippen molar-refractivity contribution in [1.82, 2.24) is 15.0 Å². The molecule has 0 bridgehead atoms. The standard InChI is InChI=1S/C20H17N5O2/c1-27-15-4-2-3-14(10-15)24-20-18(19(21)26)23-11-17(25-20)13-6-5-12-7-8-22-16(12)9-13/h2-11,22H,1H3,(H2,21,26)(H,24,25). The maximum Gasteiger partial charge on any atom is 0.271 e. The van der Waals surface area contributed by atoms with Gasteiger partial charge in [0.2, 0.25) is 0 Å². The molecule has 7 nitrogen and oxygen atoms in total. The SMILES string of the molecule is COc1cccc(Nc2nc(-c3ccc4cc[nH]c4c3)cnc2C(N)=O)c1. The number of benzene rings is 2. The van der Waals surface area contributed by atoms with E-state index >= 15 is 0 Å². The summed E-state index contributed by atoms with van der Waals surface area (Å²) in [6, 6.07) is 15.2. The molecule has 0 atom stereocenters. The summed E-state index contributed by atoms with van der Waals surface area (Å²) in [5.74, 6) is 0.320. The van der Waals surface area contributed by atoms with Crippen molar-refractivity contribution >= 4 is 28.3 Å². The van der Waals surface area contributed by atoms with Crippen LogP contribution >= 0.6 is 0 Å². The molecule has 0 fully saturated rings. The largest absolute Gasteiger partial charge is 0.497 e. The molecule has 0 radical (unpaired) electrons. The van der Waals surface area contributed by atoms with Gasteiger partial charge in [0.25, 0.3) is 5.91 Å².